The van der Waals surface area contributed by atoms with Gasteiger partial charge in [0.15, 0.2) is 5.92 Å². The Morgan fingerprint density at radius 1 is 0.861 bits per heavy atom. The molecule has 0 aliphatic carbocycles. The summed E-state index contributed by atoms with van der Waals surface area (Å²) >= 11 is 6.05. The predicted octanol–water partition coefficient (Wildman–Crippen LogP) is 4.71. The SMILES string of the molecule is COC(=O)C(C(=O)OC)[C@@H](/C=C(/NS(=O)(=O)c1ccc(C)cc1)c1ccccc1)c1ccc(Cl)cc1. The summed E-state index contributed by atoms with van der Waals surface area (Å²) in [7, 11) is -1.68. The average Bonchev–Trinajstić information content (AvgIpc) is 2.88. The molecule has 1 N–H and O–H groups in total. The van der Waals surface area contributed by atoms with Gasteiger partial charge in [-0.25, -0.2) is 8.42 Å². The van der Waals surface area contributed by atoms with E-state index < -0.39 is 33.8 Å². The van der Waals surface area contributed by atoms with Crippen LogP contribution in [0.3, 0.4) is 0 Å². The van der Waals surface area contributed by atoms with Crippen LogP contribution in [0.1, 0.15) is 22.6 Å². The highest BCUT2D eigenvalue weighted by molar-refractivity contribution is 7.89. The molecule has 0 unspecified atom stereocenters. The van der Waals surface area contributed by atoms with Gasteiger partial charge in [-0.2, -0.15) is 0 Å². The molecule has 0 heterocycles. The van der Waals surface area contributed by atoms with Crippen LogP contribution in [-0.4, -0.2) is 34.6 Å². The summed E-state index contributed by atoms with van der Waals surface area (Å²) in [6.45, 7) is 1.86. The van der Waals surface area contributed by atoms with Crippen LogP contribution in [0.2, 0.25) is 5.02 Å². The van der Waals surface area contributed by atoms with E-state index in [1.807, 2.05) is 6.92 Å². The van der Waals surface area contributed by atoms with Crippen molar-refractivity contribution in [2.75, 3.05) is 14.2 Å². The van der Waals surface area contributed by atoms with E-state index in [4.69, 9.17) is 21.1 Å². The number of sulfonamides is 1. The smallest absolute Gasteiger partial charge is 0.321 e. The van der Waals surface area contributed by atoms with Crippen molar-refractivity contribution in [3.8, 4) is 0 Å². The molecule has 0 saturated carbocycles. The summed E-state index contributed by atoms with van der Waals surface area (Å²) in [4.78, 5) is 25.5. The van der Waals surface area contributed by atoms with Crippen molar-refractivity contribution in [2.24, 2.45) is 5.92 Å². The Labute approximate surface area is 215 Å². The van der Waals surface area contributed by atoms with Gasteiger partial charge in [0.05, 0.1) is 24.8 Å². The molecular formula is C27H26ClNO6S. The summed E-state index contributed by atoms with van der Waals surface area (Å²) < 4.78 is 39.0. The van der Waals surface area contributed by atoms with E-state index in [-0.39, 0.29) is 10.6 Å². The number of esters is 2. The zero-order valence-corrected chi connectivity index (χ0v) is 21.5. The molecule has 188 valence electrons. The van der Waals surface area contributed by atoms with Gasteiger partial charge in [-0.3, -0.25) is 14.3 Å². The lowest BCUT2D eigenvalue weighted by Gasteiger charge is -2.23. The number of methoxy groups -OCH3 is 2. The highest BCUT2D eigenvalue weighted by Crippen LogP contribution is 2.32. The van der Waals surface area contributed by atoms with Crippen molar-refractivity contribution in [3.63, 3.8) is 0 Å². The summed E-state index contributed by atoms with van der Waals surface area (Å²) in [6, 6.07) is 21.6. The molecule has 3 aromatic carbocycles. The third-order valence-corrected chi connectivity index (χ3v) is 7.16. The van der Waals surface area contributed by atoms with Crippen LogP contribution in [0.25, 0.3) is 5.70 Å². The number of carbonyl (C=O) groups excluding carboxylic acids is 2. The van der Waals surface area contributed by atoms with Crippen molar-refractivity contribution in [1.82, 2.24) is 4.72 Å². The first-order chi connectivity index (χ1) is 17.2. The Hall–Kier alpha value is -3.62. The maximum atomic E-state index is 13.3. The largest absolute Gasteiger partial charge is 0.468 e. The second-order valence-corrected chi connectivity index (χ2v) is 10.1. The molecular weight excluding hydrogens is 502 g/mol. The third-order valence-electron chi connectivity index (χ3n) is 5.53. The second kappa shape index (κ2) is 11.9. The summed E-state index contributed by atoms with van der Waals surface area (Å²) in [6.07, 6.45) is 1.52. The molecule has 0 saturated heterocycles. The van der Waals surface area contributed by atoms with Gasteiger partial charge in [0.1, 0.15) is 0 Å². The summed E-state index contributed by atoms with van der Waals surface area (Å²) in [5, 5.41) is 0.456. The topological polar surface area (TPSA) is 98.8 Å². The number of ether oxygens (including phenoxy) is 2. The number of carbonyl (C=O) groups is 2. The van der Waals surface area contributed by atoms with Gasteiger partial charge in [0, 0.05) is 10.9 Å². The average molecular weight is 528 g/mol. The highest BCUT2D eigenvalue weighted by atomic mass is 35.5. The number of rotatable bonds is 9. The molecule has 0 aromatic heterocycles. The van der Waals surface area contributed by atoms with Crippen molar-refractivity contribution in [3.05, 3.63) is 107 Å². The van der Waals surface area contributed by atoms with Gasteiger partial charge in [0.2, 0.25) is 0 Å². The molecule has 1 atom stereocenters. The number of allylic oxidation sites excluding steroid dienone is 1. The monoisotopic (exact) mass is 527 g/mol. The minimum Gasteiger partial charge on any atom is -0.468 e. The van der Waals surface area contributed by atoms with E-state index in [0.29, 0.717) is 16.1 Å². The van der Waals surface area contributed by atoms with Crippen molar-refractivity contribution >= 4 is 39.3 Å². The van der Waals surface area contributed by atoms with Crippen LogP contribution in [-0.2, 0) is 29.1 Å². The molecule has 0 bridgehead atoms. The molecule has 36 heavy (non-hydrogen) atoms. The van der Waals surface area contributed by atoms with E-state index in [2.05, 4.69) is 4.72 Å². The lowest BCUT2D eigenvalue weighted by Crippen LogP contribution is -2.32. The maximum Gasteiger partial charge on any atom is 0.321 e. The van der Waals surface area contributed by atoms with Crippen LogP contribution in [0, 0.1) is 12.8 Å². The van der Waals surface area contributed by atoms with Crippen molar-refractivity contribution < 1.29 is 27.5 Å². The van der Waals surface area contributed by atoms with Crippen LogP contribution in [0.15, 0.2) is 89.8 Å². The van der Waals surface area contributed by atoms with E-state index >= 15 is 0 Å². The number of nitrogens with one attached hydrogen (secondary N) is 1. The molecule has 7 nitrogen and oxygen atoms in total. The van der Waals surface area contributed by atoms with Crippen LogP contribution in [0.5, 0.6) is 0 Å². The Morgan fingerprint density at radius 2 is 1.42 bits per heavy atom. The number of hydrogen-bond acceptors (Lipinski definition) is 6. The molecule has 0 fully saturated rings. The standard InChI is InChI=1S/C27H26ClNO6S/c1-18-9-15-22(16-10-18)36(32,33)29-24(20-7-5-4-6-8-20)17-23(19-11-13-21(28)14-12-19)25(26(30)34-2)27(31)35-3/h4-17,23,25,29H,1-3H3/b24-17+/t23-/m0/s1. The Balaban J connectivity index is 2.21. The molecule has 0 spiro atoms. The maximum absolute atomic E-state index is 13.3. The van der Waals surface area contributed by atoms with Gasteiger partial charge < -0.3 is 9.47 Å². The highest BCUT2D eigenvalue weighted by Gasteiger charge is 2.37. The first-order valence-electron chi connectivity index (χ1n) is 10.9. The molecule has 9 heteroatoms. The molecule has 0 amide bonds. The number of benzene rings is 3. The van der Waals surface area contributed by atoms with Crippen molar-refractivity contribution in [2.45, 2.75) is 17.7 Å². The Bertz CT molecular complexity index is 1320. The number of hydrogen-bond donors (Lipinski definition) is 1. The van der Waals surface area contributed by atoms with Gasteiger partial charge in [0.25, 0.3) is 10.0 Å². The molecule has 0 aliphatic heterocycles. The summed E-state index contributed by atoms with van der Waals surface area (Å²) in [5.41, 5.74) is 2.15. The van der Waals surface area contributed by atoms with Gasteiger partial charge in [-0.1, -0.05) is 77.8 Å². The van der Waals surface area contributed by atoms with E-state index in [9.17, 15) is 18.0 Å². The minimum atomic E-state index is -4.01. The lowest BCUT2D eigenvalue weighted by molar-refractivity contribution is -0.159. The van der Waals surface area contributed by atoms with Crippen LogP contribution < -0.4 is 4.72 Å². The third kappa shape index (κ3) is 6.53. The molecule has 0 radical (unpaired) electrons. The Kier molecular flexibility index (Phi) is 8.90. The normalized spacial score (nSPS) is 12.6. The predicted molar refractivity (Wildman–Crippen MR) is 138 cm³/mol. The first-order valence-corrected chi connectivity index (χ1v) is 12.8. The number of halogens is 1. The fourth-order valence-electron chi connectivity index (χ4n) is 3.62. The minimum absolute atomic E-state index is 0.0652. The van der Waals surface area contributed by atoms with Gasteiger partial charge >= 0.3 is 11.9 Å². The number of aryl methyl sites for hydroxylation is 1. The molecule has 3 rings (SSSR count). The second-order valence-electron chi connectivity index (χ2n) is 7.97. The van der Waals surface area contributed by atoms with E-state index in [1.54, 1.807) is 66.7 Å². The molecule has 3 aromatic rings. The zero-order chi connectivity index (χ0) is 26.3. The van der Waals surface area contributed by atoms with E-state index in [1.165, 1.54) is 32.4 Å². The van der Waals surface area contributed by atoms with E-state index in [0.717, 1.165) is 5.56 Å². The zero-order valence-electron chi connectivity index (χ0n) is 20.0. The van der Waals surface area contributed by atoms with Crippen LogP contribution in [0.4, 0.5) is 0 Å². The Morgan fingerprint density at radius 3 is 1.94 bits per heavy atom. The fraction of sp³-hybridized carbons (Fsp3) is 0.185. The summed E-state index contributed by atoms with van der Waals surface area (Å²) in [5.74, 6) is -4.00. The van der Waals surface area contributed by atoms with Gasteiger partial charge in [-0.05, 0) is 42.3 Å². The van der Waals surface area contributed by atoms with Crippen molar-refractivity contribution in [1.29, 1.82) is 0 Å². The fourth-order valence-corrected chi connectivity index (χ4v) is 4.83. The van der Waals surface area contributed by atoms with Crippen LogP contribution >= 0.6 is 11.6 Å². The van der Waals surface area contributed by atoms with Gasteiger partial charge in [-0.15, -0.1) is 0 Å². The lowest BCUT2D eigenvalue weighted by atomic mass is 9.84. The molecule has 0 aliphatic rings. The first kappa shape index (κ1) is 27.0. The quantitative estimate of drug-likeness (QED) is 0.319.